The number of β-amino-alcohol motifs (C(OH)–C–C–N with tert-alkyl or cyclic N) is 1. The lowest BCUT2D eigenvalue weighted by Crippen LogP contribution is -2.49. The van der Waals surface area contributed by atoms with E-state index in [1.807, 2.05) is 13.0 Å². The normalized spacial score (nSPS) is 16.1. The Balaban J connectivity index is 1.40. The molecular weight excluding hydrogens is 340 g/mol. The second-order valence-electron chi connectivity index (χ2n) is 6.89. The number of carbonyl (C=O) groups is 1. The van der Waals surface area contributed by atoms with E-state index >= 15 is 0 Å². The fourth-order valence-corrected chi connectivity index (χ4v) is 3.31. The predicted octanol–water partition coefficient (Wildman–Crippen LogP) is 2.84. The van der Waals surface area contributed by atoms with Crippen molar-refractivity contribution in [3.8, 4) is 5.75 Å². The Bertz CT molecular complexity index is 710. The molecule has 1 aliphatic heterocycles. The van der Waals surface area contributed by atoms with Gasteiger partial charge < -0.3 is 14.7 Å². The molecule has 144 valence electrons. The van der Waals surface area contributed by atoms with Crippen LogP contribution < -0.4 is 9.64 Å². The lowest BCUT2D eigenvalue weighted by Gasteiger charge is -2.36. The first-order valence-corrected chi connectivity index (χ1v) is 9.62. The van der Waals surface area contributed by atoms with Crippen molar-refractivity contribution in [3.05, 3.63) is 60.2 Å². The first-order valence-electron chi connectivity index (χ1n) is 9.62. The van der Waals surface area contributed by atoms with Crippen LogP contribution in [0.3, 0.4) is 0 Å². The zero-order valence-electron chi connectivity index (χ0n) is 15.9. The average Bonchev–Trinajstić information content (AvgIpc) is 2.73. The molecule has 0 unspecified atom stereocenters. The summed E-state index contributed by atoms with van der Waals surface area (Å²) in [6, 6.07) is 17.6. The van der Waals surface area contributed by atoms with Crippen molar-refractivity contribution in [1.82, 2.24) is 4.90 Å². The summed E-state index contributed by atoms with van der Waals surface area (Å²) in [6.45, 7) is 6.49. The predicted molar refractivity (Wildman–Crippen MR) is 108 cm³/mol. The van der Waals surface area contributed by atoms with E-state index in [1.165, 1.54) is 5.69 Å². The van der Waals surface area contributed by atoms with E-state index in [0.717, 1.165) is 26.2 Å². The quantitative estimate of drug-likeness (QED) is 0.726. The first-order chi connectivity index (χ1) is 13.2. The number of piperazine rings is 1. The zero-order valence-corrected chi connectivity index (χ0v) is 15.9. The van der Waals surface area contributed by atoms with Gasteiger partial charge in [-0.2, -0.15) is 0 Å². The maximum absolute atomic E-state index is 11.6. The number of carbonyl (C=O) groups excluding carboxylic acids is 1. The van der Waals surface area contributed by atoms with Crippen LogP contribution in [-0.4, -0.2) is 61.2 Å². The molecule has 0 amide bonds. The number of para-hydroxylation sites is 1. The van der Waals surface area contributed by atoms with E-state index in [1.54, 1.807) is 24.3 Å². The molecule has 0 saturated carbocycles. The fourth-order valence-electron chi connectivity index (χ4n) is 3.31. The van der Waals surface area contributed by atoms with Crippen LogP contribution >= 0.6 is 0 Å². The number of rotatable bonds is 8. The molecule has 2 aromatic rings. The highest BCUT2D eigenvalue weighted by Crippen LogP contribution is 2.16. The van der Waals surface area contributed by atoms with Crippen LogP contribution in [0.4, 0.5) is 5.69 Å². The summed E-state index contributed by atoms with van der Waals surface area (Å²) in [5.41, 5.74) is 1.95. The minimum absolute atomic E-state index is 0.122. The van der Waals surface area contributed by atoms with Gasteiger partial charge in [0, 0.05) is 50.4 Å². The number of ether oxygens (including phenoxy) is 1. The van der Waals surface area contributed by atoms with Gasteiger partial charge in [-0.3, -0.25) is 9.69 Å². The molecule has 5 heteroatoms. The molecule has 0 aromatic heterocycles. The second-order valence-corrected chi connectivity index (χ2v) is 6.89. The number of hydrogen-bond acceptors (Lipinski definition) is 5. The summed E-state index contributed by atoms with van der Waals surface area (Å²) in [7, 11) is 0. The molecule has 0 aliphatic carbocycles. The molecule has 2 aromatic carbocycles. The highest BCUT2D eigenvalue weighted by molar-refractivity contribution is 5.95. The number of nitrogens with zero attached hydrogens (tertiary/aromatic N) is 2. The fraction of sp³-hybridized carbons (Fsp3) is 0.409. The topological polar surface area (TPSA) is 53.0 Å². The van der Waals surface area contributed by atoms with Gasteiger partial charge in [-0.15, -0.1) is 0 Å². The van der Waals surface area contributed by atoms with Crippen molar-refractivity contribution in [3.63, 3.8) is 0 Å². The number of aliphatic hydroxyl groups excluding tert-OH is 1. The molecule has 1 saturated heterocycles. The molecule has 1 heterocycles. The molecule has 27 heavy (non-hydrogen) atoms. The largest absolute Gasteiger partial charge is 0.491 e. The minimum Gasteiger partial charge on any atom is -0.491 e. The number of ketones is 1. The lowest BCUT2D eigenvalue weighted by molar-refractivity contribution is 0.0663. The van der Waals surface area contributed by atoms with Gasteiger partial charge in [-0.1, -0.05) is 25.1 Å². The maximum Gasteiger partial charge on any atom is 0.162 e. The van der Waals surface area contributed by atoms with E-state index < -0.39 is 6.10 Å². The highest BCUT2D eigenvalue weighted by atomic mass is 16.5. The van der Waals surface area contributed by atoms with Crippen LogP contribution in [0.5, 0.6) is 5.75 Å². The minimum atomic E-state index is -0.537. The van der Waals surface area contributed by atoms with Crippen LogP contribution in [0.15, 0.2) is 54.6 Å². The summed E-state index contributed by atoms with van der Waals surface area (Å²) in [5.74, 6) is 0.798. The highest BCUT2D eigenvalue weighted by Gasteiger charge is 2.19. The molecule has 1 atom stereocenters. The monoisotopic (exact) mass is 368 g/mol. The number of anilines is 1. The van der Waals surface area contributed by atoms with Crippen molar-refractivity contribution in [2.75, 3.05) is 44.2 Å². The molecule has 3 rings (SSSR count). The zero-order chi connectivity index (χ0) is 19.1. The second kappa shape index (κ2) is 9.53. The van der Waals surface area contributed by atoms with Crippen molar-refractivity contribution in [2.24, 2.45) is 0 Å². The van der Waals surface area contributed by atoms with E-state index in [4.69, 9.17) is 4.74 Å². The third-order valence-corrected chi connectivity index (χ3v) is 4.90. The SMILES string of the molecule is CCC(=O)c1ccc(OC[C@@H](O)CN2CCN(c3ccccc3)CC2)cc1. The van der Waals surface area contributed by atoms with Crippen LogP contribution in [-0.2, 0) is 0 Å². The Kier molecular flexibility index (Phi) is 6.85. The number of aliphatic hydroxyl groups is 1. The lowest BCUT2D eigenvalue weighted by atomic mass is 10.1. The van der Waals surface area contributed by atoms with E-state index in [0.29, 0.717) is 24.3 Å². The van der Waals surface area contributed by atoms with Gasteiger partial charge in [0.15, 0.2) is 5.78 Å². The molecule has 0 radical (unpaired) electrons. The van der Waals surface area contributed by atoms with Crippen LogP contribution in [0.25, 0.3) is 0 Å². The molecule has 1 N–H and O–H groups in total. The smallest absolute Gasteiger partial charge is 0.162 e. The van der Waals surface area contributed by atoms with Gasteiger partial charge in [0.1, 0.15) is 18.5 Å². The molecule has 0 spiro atoms. The molecule has 1 aliphatic rings. The van der Waals surface area contributed by atoms with Gasteiger partial charge in [0.25, 0.3) is 0 Å². The van der Waals surface area contributed by atoms with Gasteiger partial charge in [0.2, 0.25) is 0 Å². The Morgan fingerprint density at radius 2 is 1.70 bits per heavy atom. The standard InChI is InChI=1S/C22H28N2O3/c1-2-22(26)18-8-10-21(11-9-18)27-17-20(25)16-23-12-14-24(15-13-23)19-6-4-3-5-7-19/h3-11,20,25H,2,12-17H2,1H3/t20-/m0/s1. The Morgan fingerprint density at radius 3 is 2.33 bits per heavy atom. The number of benzene rings is 2. The third-order valence-electron chi connectivity index (χ3n) is 4.90. The molecule has 0 bridgehead atoms. The van der Waals surface area contributed by atoms with Gasteiger partial charge in [-0.25, -0.2) is 0 Å². The summed E-state index contributed by atoms with van der Waals surface area (Å²) in [6.07, 6.45) is -0.0403. The van der Waals surface area contributed by atoms with Crippen molar-refractivity contribution >= 4 is 11.5 Å². The molecular formula is C22H28N2O3. The van der Waals surface area contributed by atoms with E-state index in [9.17, 15) is 9.90 Å². The Labute approximate surface area is 161 Å². The molecule has 5 nitrogen and oxygen atoms in total. The third kappa shape index (κ3) is 5.55. The van der Waals surface area contributed by atoms with Crippen molar-refractivity contribution in [2.45, 2.75) is 19.4 Å². The molecule has 1 fully saturated rings. The average molecular weight is 368 g/mol. The Hall–Kier alpha value is -2.37. The van der Waals surface area contributed by atoms with Crippen molar-refractivity contribution < 1.29 is 14.6 Å². The first kappa shape index (κ1) is 19.4. The van der Waals surface area contributed by atoms with Crippen LogP contribution in [0.2, 0.25) is 0 Å². The van der Waals surface area contributed by atoms with Gasteiger partial charge >= 0.3 is 0 Å². The van der Waals surface area contributed by atoms with Gasteiger partial charge in [0.05, 0.1) is 0 Å². The van der Waals surface area contributed by atoms with Crippen LogP contribution in [0, 0.1) is 0 Å². The number of hydrogen-bond donors (Lipinski definition) is 1. The summed E-state index contributed by atoms with van der Waals surface area (Å²) in [5, 5.41) is 10.3. The summed E-state index contributed by atoms with van der Waals surface area (Å²) in [4.78, 5) is 16.3. The van der Waals surface area contributed by atoms with E-state index in [2.05, 4.69) is 34.1 Å². The van der Waals surface area contributed by atoms with Crippen LogP contribution in [0.1, 0.15) is 23.7 Å². The maximum atomic E-state index is 11.6. The summed E-state index contributed by atoms with van der Waals surface area (Å²) >= 11 is 0. The number of Topliss-reactive ketones (excluding diaryl/α,β-unsaturated/α-hetero) is 1. The summed E-state index contributed by atoms with van der Waals surface area (Å²) < 4.78 is 5.67. The van der Waals surface area contributed by atoms with E-state index in [-0.39, 0.29) is 12.4 Å². The van der Waals surface area contributed by atoms with Crippen molar-refractivity contribution in [1.29, 1.82) is 0 Å². The van der Waals surface area contributed by atoms with Gasteiger partial charge in [-0.05, 0) is 36.4 Å². The Morgan fingerprint density at radius 1 is 1.04 bits per heavy atom.